The van der Waals surface area contributed by atoms with E-state index in [4.69, 9.17) is 0 Å². The lowest BCUT2D eigenvalue weighted by atomic mass is 9.95. The van der Waals surface area contributed by atoms with E-state index in [1.165, 1.54) is 24.0 Å². The molecule has 1 aromatic carbocycles. The predicted octanol–water partition coefficient (Wildman–Crippen LogP) is 4.65. The number of aromatic nitrogens is 1. The van der Waals surface area contributed by atoms with Crippen LogP contribution in [0.1, 0.15) is 35.2 Å². The van der Waals surface area contributed by atoms with Gasteiger partial charge in [0.05, 0.1) is 5.56 Å². The maximum atomic E-state index is 9.36. The first-order valence-corrected chi connectivity index (χ1v) is 7.93. The summed E-state index contributed by atoms with van der Waals surface area (Å²) in [5.41, 5.74) is 5.10. The van der Waals surface area contributed by atoms with E-state index >= 15 is 0 Å². The predicted molar refractivity (Wildman–Crippen MR) is 87.8 cm³/mol. The number of nitriles is 1. The monoisotopic (exact) mass is 341 g/mol. The summed E-state index contributed by atoms with van der Waals surface area (Å²) in [4.78, 5) is 4.68. The standard InChI is InChI=1S/C17H16BrN3/c1-11-6-7-14(9-15(11)18)20-17-13(10-19)8-12-4-2-3-5-16(12)21-17/h6-9H,2-5H2,1H3,(H,20,21). The number of halogens is 1. The number of hydrogen-bond donors (Lipinski definition) is 1. The summed E-state index contributed by atoms with van der Waals surface area (Å²) >= 11 is 3.53. The Morgan fingerprint density at radius 1 is 1.24 bits per heavy atom. The summed E-state index contributed by atoms with van der Waals surface area (Å²) in [6, 6.07) is 10.3. The van der Waals surface area contributed by atoms with Crippen molar-refractivity contribution in [3.63, 3.8) is 0 Å². The van der Waals surface area contributed by atoms with Gasteiger partial charge in [-0.15, -0.1) is 0 Å². The Labute approximate surface area is 133 Å². The van der Waals surface area contributed by atoms with Crippen molar-refractivity contribution >= 4 is 27.4 Å². The number of pyridine rings is 1. The van der Waals surface area contributed by atoms with Gasteiger partial charge in [-0.25, -0.2) is 4.98 Å². The fourth-order valence-electron chi connectivity index (χ4n) is 2.62. The van der Waals surface area contributed by atoms with E-state index in [1.807, 2.05) is 31.2 Å². The molecule has 1 N–H and O–H groups in total. The molecule has 0 saturated heterocycles. The minimum atomic E-state index is 0.618. The summed E-state index contributed by atoms with van der Waals surface area (Å²) in [7, 11) is 0. The van der Waals surface area contributed by atoms with E-state index in [2.05, 4.69) is 32.3 Å². The number of rotatable bonds is 2. The molecule has 1 heterocycles. The van der Waals surface area contributed by atoms with Crippen LogP contribution in [0.2, 0.25) is 0 Å². The second kappa shape index (κ2) is 5.87. The second-order valence-corrected chi connectivity index (χ2v) is 6.25. The Morgan fingerprint density at radius 3 is 2.81 bits per heavy atom. The lowest BCUT2D eigenvalue weighted by Gasteiger charge is -2.17. The van der Waals surface area contributed by atoms with Crippen LogP contribution in [0.15, 0.2) is 28.7 Å². The molecule has 1 aliphatic rings. The second-order valence-electron chi connectivity index (χ2n) is 5.40. The summed E-state index contributed by atoms with van der Waals surface area (Å²) < 4.78 is 1.05. The molecule has 0 amide bonds. The van der Waals surface area contributed by atoms with Crippen molar-refractivity contribution in [2.75, 3.05) is 5.32 Å². The fraction of sp³-hybridized carbons (Fsp3) is 0.294. The van der Waals surface area contributed by atoms with Crippen molar-refractivity contribution in [1.29, 1.82) is 5.26 Å². The zero-order valence-corrected chi connectivity index (χ0v) is 13.5. The fourth-order valence-corrected chi connectivity index (χ4v) is 3.00. The molecule has 4 heteroatoms. The molecule has 0 saturated carbocycles. The molecule has 1 aromatic heterocycles. The van der Waals surface area contributed by atoms with Gasteiger partial charge in [0, 0.05) is 15.9 Å². The van der Waals surface area contributed by atoms with Gasteiger partial charge in [0.1, 0.15) is 11.9 Å². The molecule has 2 aromatic rings. The van der Waals surface area contributed by atoms with Crippen molar-refractivity contribution in [2.24, 2.45) is 0 Å². The molecule has 1 aliphatic carbocycles. The molecule has 0 atom stereocenters. The zero-order chi connectivity index (χ0) is 14.8. The average Bonchev–Trinajstić information content (AvgIpc) is 2.50. The van der Waals surface area contributed by atoms with Gasteiger partial charge in [0.15, 0.2) is 0 Å². The summed E-state index contributed by atoms with van der Waals surface area (Å²) in [6.07, 6.45) is 4.42. The van der Waals surface area contributed by atoms with E-state index in [0.29, 0.717) is 11.4 Å². The molecule has 21 heavy (non-hydrogen) atoms. The van der Waals surface area contributed by atoms with Crippen LogP contribution in [0.25, 0.3) is 0 Å². The minimum Gasteiger partial charge on any atom is -0.339 e. The Morgan fingerprint density at radius 2 is 2.05 bits per heavy atom. The Hall–Kier alpha value is -1.86. The highest BCUT2D eigenvalue weighted by molar-refractivity contribution is 9.10. The van der Waals surface area contributed by atoms with Gasteiger partial charge in [-0.3, -0.25) is 0 Å². The number of nitrogens with zero attached hydrogens (tertiary/aromatic N) is 2. The van der Waals surface area contributed by atoms with Crippen LogP contribution in [0, 0.1) is 18.3 Å². The number of hydrogen-bond acceptors (Lipinski definition) is 3. The molecule has 0 aliphatic heterocycles. The molecule has 3 rings (SSSR count). The molecule has 3 nitrogen and oxygen atoms in total. The Bertz CT molecular complexity index is 732. The van der Waals surface area contributed by atoms with Gasteiger partial charge in [-0.2, -0.15) is 5.26 Å². The Balaban J connectivity index is 1.97. The van der Waals surface area contributed by atoms with Crippen LogP contribution >= 0.6 is 15.9 Å². The minimum absolute atomic E-state index is 0.618. The molecular formula is C17H16BrN3. The van der Waals surface area contributed by atoms with Crippen molar-refractivity contribution in [1.82, 2.24) is 4.98 Å². The normalized spacial score (nSPS) is 13.4. The number of anilines is 2. The SMILES string of the molecule is Cc1ccc(Nc2nc3c(cc2C#N)CCCC3)cc1Br. The van der Waals surface area contributed by atoms with E-state index in [9.17, 15) is 5.26 Å². The first kappa shape index (κ1) is 14.1. The van der Waals surface area contributed by atoms with Crippen molar-refractivity contribution in [3.8, 4) is 6.07 Å². The van der Waals surface area contributed by atoms with E-state index in [-0.39, 0.29) is 0 Å². The maximum absolute atomic E-state index is 9.36. The average molecular weight is 342 g/mol. The van der Waals surface area contributed by atoms with Crippen LogP contribution in [-0.2, 0) is 12.8 Å². The summed E-state index contributed by atoms with van der Waals surface area (Å²) in [5.74, 6) is 0.661. The van der Waals surface area contributed by atoms with Crippen LogP contribution in [0.3, 0.4) is 0 Å². The third kappa shape index (κ3) is 2.93. The third-order valence-electron chi connectivity index (χ3n) is 3.86. The van der Waals surface area contributed by atoms with Gasteiger partial charge >= 0.3 is 0 Å². The van der Waals surface area contributed by atoms with Crippen LogP contribution in [0.4, 0.5) is 11.5 Å². The lowest BCUT2D eigenvalue weighted by molar-refractivity contribution is 0.668. The molecule has 0 unspecified atom stereocenters. The topological polar surface area (TPSA) is 48.7 Å². The summed E-state index contributed by atoms with van der Waals surface area (Å²) in [5, 5.41) is 12.6. The molecular weight excluding hydrogens is 326 g/mol. The van der Waals surface area contributed by atoms with E-state index < -0.39 is 0 Å². The molecule has 0 radical (unpaired) electrons. The molecule has 0 bridgehead atoms. The van der Waals surface area contributed by atoms with Crippen LogP contribution in [-0.4, -0.2) is 4.98 Å². The van der Waals surface area contributed by atoms with Gasteiger partial charge < -0.3 is 5.32 Å². The van der Waals surface area contributed by atoms with Crippen molar-refractivity contribution in [3.05, 3.63) is 51.1 Å². The highest BCUT2D eigenvalue weighted by atomic mass is 79.9. The highest BCUT2D eigenvalue weighted by Gasteiger charge is 2.15. The van der Waals surface area contributed by atoms with Gasteiger partial charge in [0.25, 0.3) is 0 Å². The van der Waals surface area contributed by atoms with Crippen molar-refractivity contribution in [2.45, 2.75) is 32.6 Å². The van der Waals surface area contributed by atoms with Crippen LogP contribution in [0.5, 0.6) is 0 Å². The molecule has 0 fully saturated rings. The smallest absolute Gasteiger partial charge is 0.148 e. The molecule has 0 spiro atoms. The highest BCUT2D eigenvalue weighted by Crippen LogP contribution is 2.28. The number of nitrogens with one attached hydrogen (secondary N) is 1. The maximum Gasteiger partial charge on any atom is 0.148 e. The van der Waals surface area contributed by atoms with Crippen LogP contribution < -0.4 is 5.32 Å². The van der Waals surface area contributed by atoms with E-state index in [0.717, 1.165) is 28.7 Å². The quantitative estimate of drug-likeness (QED) is 0.864. The first-order valence-electron chi connectivity index (χ1n) is 7.13. The number of benzene rings is 1. The molecule has 106 valence electrons. The third-order valence-corrected chi connectivity index (χ3v) is 4.71. The lowest BCUT2D eigenvalue weighted by Crippen LogP contribution is -2.09. The van der Waals surface area contributed by atoms with Gasteiger partial charge in [0.2, 0.25) is 0 Å². The van der Waals surface area contributed by atoms with Gasteiger partial charge in [-0.1, -0.05) is 22.0 Å². The largest absolute Gasteiger partial charge is 0.339 e. The van der Waals surface area contributed by atoms with Crippen molar-refractivity contribution < 1.29 is 0 Å². The van der Waals surface area contributed by atoms with E-state index in [1.54, 1.807) is 0 Å². The summed E-state index contributed by atoms with van der Waals surface area (Å²) in [6.45, 7) is 2.05. The van der Waals surface area contributed by atoms with Gasteiger partial charge in [-0.05, 0) is 61.9 Å². The zero-order valence-electron chi connectivity index (χ0n) is 11.9. The number of aryl methyl sites for hydroxylation is 3. The number of fused-ring (bicyclic) bond motifs is 1. The Kier molecular flexibility index (Phi) is 3.94. The first-order chi connectivity index (χ1) is 10.2.